The van der Waals surface area contributed by atoms with E-state index in [1.165, 1.54) is 5.56 Å². The molecule has 3 aromatic rings. The van der Waals surface area contributed by atoms with Gasteiger partial charge in [0.1, 0.15) is 0 Å². The summed E-state index contributed by atoms with van der Waals surface area (Å²) in [6.07, 6.45) is 2.67. The third-order valence-corrected chi connectivity index (χ3v) is 3.22. The molecular formula is C16H16N4. The van der Waals surface area contributed by atoms with Gasteiger partial charge in [-0.15, -0.1) is 5.10 Å². The average molecular weight is 264 g/mol. The Labute approximate surface area is 117 Å². The molecule has 0 amide bonds. The van der Waals surface area contributed by atoms with E-state index in [4.69, 9.17) is 5.73 Å². The molecule has 0 unspecified atom stereocenters. The van der Waals surface area contributed by atoms with E-state index in [2.05, 4.69) is 27.6 Å². The first-order valence-electron chi connectivity index (χ1n) is 6.63. The van der Waals surface area contributed by atoms with Gasteiger partial charge in [0.2, 0.25) is 0 Å². The van der Waals surface area contributed by atoms with Crippen molar-refractivity contribution >= 4 is 22.3 Å². The molecule has 0 saturated heterocycles. The number of rotatable bonds is 4. The molecule has 2 aromatic carbocycles. The van der Waals surface area contributed by atoms with Crippen LogP contribution >= 0.6 is 0 Å². The molecule has 0 aliphatic heterocycles. The molecule has 0 atom stereocenters. The normalized spacial score (nSPS) is 10.7. The van der Waals surface area contributed by atoms with Gasteiger partial charge in [0.15, 0.2) is 5.82 Å². The van der Waals surface area contributed by atoms with Crippen LogP contribution in [0.25, 0.3) is 10.8 Å². The molecule has 4 nitrogen and oxygen atoms in total. The lowest BCUT2D eigenvalue weighted by Crippen LogP contribution is -2.02. The Kier molecular flexibility index (Phi) is 3.56. The fraction of sp³-hybridized carbons (Fsp3) is 0.125. The number of fused-ring (bicyclic) bond motifs is 1. The second-order valence-corrected chi connectivity index (χ2v) is 4.64. The smallest absolute Gasteiger partial charge is 0.160 e. The topological polar surface area (TPSA) is 63.8 Å². The number of hydrogen-bond donors (Lipinski definition) is 2. The maximum Gasteiger partial charge on any atom is 0.160 e. The molecule has 3 rings (SSSR count). The van der Waals surface area contributed by atoms with Gasteiger partial charge in [0, 0.05) is 16.5 Å². The van der Waals surface area contributed by atoms with Crippen molar-refractivity contribution in [3.05, 3.63) is 60.3 Å². The summed E-state index contributed by atoms with van der Waals surface area (Å²) in [6, 6.07) is 16.3. The average Bonchev–Trinajstić information content (AvgIpc) is 2.50. The van der Waals surface area contributed by atoms with Crippen LogP contribution in [0.2, 0.25) is 0 Å². The molecule has 3 N–H and O–H groups in total. The third kappa shape index (κ3) is 2.60. The molecule has 0 spiro atoms. The lowest BCUT2D eigenvalue weighted by atomic mass is 10.1. The first-order chi connectivity index (χ1) is 9.86. The van der Waals surface area contributed by atoms with E-state index in [0.29, 0.717) is 6.54 Å². The molecule has 100 valence electrons. The van der Waals surface area contributed by atoms with Gasteiger partial charge >= 0.3 is 0 Å². The van der Waals surface area contributed by atoms with Crippen LogP contribution in [0.15, 0.2) is 54.7 Å². The predicted octanol–water partition coefficient (Wildman–Crippen LogP) is 2.87. The van der Waals surface area contributed by atoms with Crippen molar-refractivity contribution in [3.63, 3.8) is 0 Å². The standard InChI is InChI=1S/C16H16N4/c17-10-9-12-5-7-14(8-6-12)19-16-15-4-2-1-3-13(15)11-18-20-16/h1-8,11H,9-10,17H2,(H,19,20). The minimum Gasteiger partial charge on any atom is -0.338 e. The van der Waals surface area contributed by atoms with Crippen molar-refractivity contribution in [1.82, 2.24) is 10.2 Å². The SMILES string of the molecule is NCCc1ccc(Nc2nncc3ccccc23)cc1. The predicted molar refractivity (Wildman–Crippen MR) is 82.0 cm³/mol. The van der Waals surface area contributed by atoms with Crippen molar-refractivity contribution in [2.24, 2.45) is 5.73 Å². The number of nitrogens with one attached hydrogen (secondary N) is 1. The Bertz CT molecular complexity index is 702. The molecule has 1 aromatic heterocycles. The largest absolute Gasteiger partial charge is 0.338 e. The minimum atomic E-state index is 0.668. The number of benzene rings is 2. The van der Waals surface area contributed by atoms with Crippen LogP contribution in [0.4, 0.5) is 11.5 Å². The van der Waals surface area contributed by atoms with Crippen molar-refractivity contribution < 1.29 is 0 Å². The molecule has 4 heteroatoms. The van der Waals surface area contributed by atoms with E-state index >= 15 is 0 Å². The van der Waals surface area contributed by atoms with E-state index < -0.39 is 0 Å². The van der Waals surface area contributed by atoms with E-state index in [9.17, 15) is 0 Å². The summed E-state index contributed by atoms with van der Waals surface area (Å²) in [5, 5.41) is 13.7. The summed E-state index contributed by atoms with van der Waals surface area (Å²) in [5.41, 5.74) is 7.79. The highest BCUT2D eigenvalue weighted by molar-refractivity contribution is 5.92. The fourth-order valence-corrected chi connectivity index (χ4v) is 2.18. The zero-order valence-corrected chi connectivity index (χ0v) is 11.1. The fourth-order valence-electron chi connectivity index (χ4n) is 2.18. The van der Waals surface area contributed by atoms with Crippen molar-refractivity contribution in [2.75, 3.05) is 11.9 Å². The van der Waals surface area contributed by atoms with Crippen LogP contribution in [0.3, 0.4) is 0 Å². The summed E-state index contributed by atoms with van der Waals surface area (Å²) < 4.78 is 0. The summed E-state index contributed by atoms with van der Waals surface area (Å²) in [4.78, 5) is 0. The van der Waals surface area contributed by atoms with Gasteiger partial charge < -0.3 is 11.1 Å². The van der Waals surface area contributed by atoms with E-state index in [0.717, 1.165) is 28.7 Å². The van der Waals surface area contributed by atoms with Crippen LogP contribution in [0.5, 0.6) is 0 Å². The van der Waals surface area contributed by atoms with Crippen LogP contribution < -0.4 is 11.1 Å². The van der Waals surface area contributed by atoms with Gasteiger partial charge in [0.25, 0.3) is 0 Å². The Morgan fingerprint density at radius 3 is 2.60 bits per heavy atom. The minimum absolute atomic E-state index is 0.668. The molecule has 1 heterocycles. The number of anilines is 2. The number of aromatic nitrogens is 2. The van der Waals surface area contributed by atoms with E-state index in [1.54, 1.807) is 6.20 Å². The highest BCUT2D eigenvalue weighted by atomic mass is 15.2. The quantitative estimate of drug-likeness (QED) is 0.760. The molecule has 0 saturated carbocycles. The summed E-state index contributed by atoms with van der Waals surface area (Å²) in [6.45, 7) is 0.668. The zero-order chi connectivity index (χ0) is 13.8. The lowest BCUT2D eigenvalue weighted by molar-refractivity contribution is 0.969. The van der Waals surface area contributed by atoms with Crippen LogP contribution in [-0.2, 0) is 6.42 Å². The van der Waals surface area contributed by atoms with Crippen LogP contribution in [0.1, 0.15) is 5.56 Å². The Morgan fingerprint density at radius 2 is 1.80 bits per heavy atom. The first kappa shape index (κ1) is 12.6. The van der Waals surface area contributed by atoms with E-state index in [-0.39, 0.29) is 0 Å². The zero-order valence-electron chi connectivity index (χ0n) is 11.1. The maximum atomic E-state index is 5.55. The summed E-state index contributed by atoms with van der Waals surface area (Å²) in [7, 11) is 0. The third-order valence-electron chi connectivity index (χ3n) is 3.22. The highest BCUT2D eigenvalue weighted by Crippen LogP contribution is 2.23. The maximum absolute atomic E-state index is 5.55. The number of nitrogens with two attached hydrogens (primary N) is 1. The second-order valence-electron chi connectivity index (χ2n) is 4.64. The molecule has 0 aliphatic rings. The number of nitrogens with zero attached hydrogens (tertiary/aromatic N) is 2. The van der Waals surface area contributed by atoms with Gasteiger partial charge in [-0.25, -0.2) is 0 Å². The van der Waals surface area contributed by atoms with Crippen LogP contribution in [0, 0.1) is 0 Å². The van der Waals surface area contributed by atoms with Gasteiger partial charge in [-0.2, -0.15) is 5.10 Å². The van der Waals surface area contributed by atoms with Crippen molar-refractivity contribution in [2.45, 2.75) is 6.42 Å². The summed E-state index contributed by atoms with van der Waals surface area (Å²) in [5.74, 6) is 0.773. The first-order valence-corrected chi connectivity index (χ1v) is 6.63. The molecule has 0 aliphatic carbocycles. The van der Waals surface area contributed by atoms with Gasteiger partial charge in [-0.1, -0.05) is 36.4 Å². The van der Waals surface area contributed by atoms with Crippen molar-refractivity contribution in [1.29, 1.82) is 0 Å². The molecule has 0 radical (unpaired) electrons. The van der Waals surface area contributed by atoms with E-state index in [1.807, 2.05) is 36.4 Å². The highest BCUT2D eigenvalue weighted by Gasteiger charge is 2.03. The van der Waals surface area contributed by atoms with Gasteiger partial charge in [0.05, 0.1) is 6.20 Å². The molecule has 0 fully saturated rings. The number of hydrogen-bond acceptors (Lipinski definition) is 4. The molecule has 0 bridgehead atoms. The molecular weight excluding hydrogens is 248 g/mol. The molecule has 20 heavy (non-hydrogen) atoms. The summed E-state index contributed by atoms with van der Waals surface area (Å²) >= 11 is 0. The Morgan fingerprint density at radius 1 is 1.00 bits per heavy atom. The van der Waals surface area contributed by atoms with Gasteiger partial charge in [-0.05, 0) is 30.7 Å². The Hall–Kier alpha value is -2.46. The van der Waals surface area contributed by atoms with Crippen LogP contribution in [-0.4, -0.2) is 16.7 Å². The Balaban J connectivity index is 1.89. The van der Waals surface area contributed by atoms with Crippen molar-refractivity contribution in [3.8, 4) is 0 Å². The second kappa shape index (κ2) is 5.67. The van der Waals surface area contributed by atoms with Gasteiger partial charge in [-0.3, -0.25) is 0 Å². The monoisotopic (exact) mass is 264 g/mol. The lowest BCUT2D eigenvalue weighted by Gasteiger charge is -2.08.